The third-order valence-electron chi connectivity index (χ3n) is 3.65. The van der Waals surface area contributed by atoms with Gasteiger partial charge in [-0.05, 0) is 43.8 Å². The van der Waals surface area contributed by atoms with Crippen LogP contribution in [0.25, 0.3) is 0 Å². The van der Waals surface area contributed by atoms with E-state index in [9.17, 15) is 13.5 Å². The molecule has 1 aromatic carbocycles. The zero-order valence-corrected chi connectivity index (χ0v) is 20.2. The molecule has 1 heterocycles. The van der Waals surface area contributed by atoms with Gasteiger partial charge >= 0.3 is 0 Å². The van der Waals surface area contributed by atoms with Crippen molar-refractivity contribution >= 4 is 62.9 Å². The van der Waals surface area contributed by atoms with Crippen molar-refractivity contribution in [1.82, 2.24) is 15.4 Å². The average molecular weight is 559 g/mol. The van der Waals surface area contributed by atoms with Crippen molar-refractivity contribution in [2.24, 2.45) is 4.99 Å². The van der Waals surface area contributed by atoms with E-state index in [1.54, 1.807) is 36.4 Å². The Labute approximate surface area is 191 Å². The highest BCUT2D eigenvalue weighted by molar-refractivity contribution is 14.0. The van der Waals surface area contributed by atoms with Crippen molar-refractivity contribution in [2.75, 3.05) is 20.1 Å². The van der Waals surface area contributed by atoms with E-state index in [0.29, 0.717) is 29.9 Å². The lowest BCUT2D eigenvalue weighted by atomic mass is 10.2. The van der Waals surface area contributed by atoms with Crippen molar-refractivity contribution in [3.63, 3.8) is 0 Å². The van der Waals surface area contributed by atoms with Crippen LogP contribution in [-0.4, -0.2) is 39.6 Å². The first-order valence-corrected chi connectivity index (χ1v) is 11.0. The maximum Gasteiger partial charge on any atom is 0.240 e. The molecule has 0 aliphatic rings. The Morgan fingerprint density at radius 3 is 2.43 bits per heavy atom. The van der Waals surface area contributed by atoms with Crippen LogP contribution in [0.2, 0.25) is 4.34 Å². The maximum absolute atomic E-state index is 11.7. The van der Waals surface area contributed by atoms with Gasteiger partial charge in [-0.25, -0.2) is 18.1 Å². The number of rotatable bonds is 8. The summed E-state index contributed by atoms with van der Waals surface area (Å²) in [6.07, 6.45) is -0.683. The summed E-state index contributed by atoms with van der Waals surface area (Å²) in [6, 6.07) is 10.1. The van der Waals surface area contributed by atoms with Gasteiger partial charge in [-0.2, -0.15) is 0 Å². The highest BCUT2D eigenvalue weighted by Crippen LogP contribution is 2.26. The highest BCUT2D eigenvalue weighted by atomic mass is 127. The lowest BCUT2D eigenvalue weighted by molar-refractivity contribution is 0.184. The minimum atomic E-state index is -3.44. The number of thiophene rings is 1. The van der Waals surface area contributed by atoms with Crippen LogP contribution in [-0.2, 0) is 16.6 Å². The molecule has 0 spiro atoms. The number of sulfonamides is 1. The molecule has 7 nitrogen and oxygen atoms in total. The second-order valence-corrected chi connectivity index (χ2v) is 9.22. The van der Waals surface area contributed by atoms with Gasteiger partial charge in [-0.1, -0.05) is 23.7 Å². The molecular formula is C17H24ClIN4O3S2. The van der Waals surface area contributed by atoms with E-state index in [1.807, 2.05) is 6.92 Å². The van der Waals surface area contributed by atoms with Gasteiger partial charge in [0, 0.05) is 18.0 Å². The fourth-order valence-corrected chi connectivity index (χ4v) is 3.98. The van der Waals surface area contributed by atoms with Gasteiger partial charge in [0.2, 0.25) is 10.0 Å². The molecule has 156 valence electrons. The Hall–Kier alpha value is -0.920. The summed E-state index contributed by atoms with van der Waals surface area (Å²) < 4.78 is 26.4. The molecule has 2 aromatic rings. The minimum absolute atomic E-state index is 0. The van der Waals surface area contributed by atoms with E-state index < -0.39 is 16.1 Å². The molecule has 0 aliphatic carbocycles. The van der Waals surface area contributed by atoms with E-state index in [1.165, 1.54) is 18.4 Å². The molecule has 4 N–H and O–H groups in total. The number of halogens is 2. The number of guanidine groups is 1. The molecule has 28 heavy (non-hydrogen) atoms. The van der Waals surface area contributed by atoms with Crippen LogP contribution < -0.4 is 15.4 Å². The maximum atomic E-state index is 11.7. The third kappa shape index (κ3) is 7.48. The smallest absolute Gasteiger partial charge is 0.240 e. The zero-order chi connectivity index (χ0) is 19.9. The molecule has 0 bridgehead atoms. The van der Waals surface area contributed by atoms with E-state index >= 15 is 0 Å². The number of aliphatic imine (C=N–C) groups is 1. The number of aliphatic hydroxyl groups is 1. The van der Waals surface area contributed by atoms with Crippen LogP contribution in [0.1, 0.15) is 23.5 Å². The number of aliphatic hydroxyl groups excluding tert-OH is 1. The molecule has 0 saturated heterocycles. The van der Waals surface area contributed by atoms with Gasteiger partial charge in [0.05, 0.1) is 15.8 Å². The van der Waals surface area contributed by atoms with Crippen molar-refractivity contribution in [3.8, 4) is 0 Å². The lowest BCUT2D eigenvalue weighted by Crippen LogP contribution is -2.39. The first-order valence-electron chi connectivity index (χ1n) is 8.33. The summed E-state index contributed by atoms with van der Waals surface area (Å²) in [5.74, 6) is 0.561. The molecule has 0 saturated carbocycles. The Bertz CT molecular complexity index is 873. The van der Waals surface area contributed by atoms with Gasteiger partial charge in [0.25, 0.3) is 0 Å². The molecule has 0 radical (unpaired) electrons. The van der Waals surface area contributed by atoms with Gasteiger partial charge in [-0.3, -0.25) is 0 Å². The van der Waals surface area contributed by atoms with Crippen LogP contribution in [0.5, 0.6) is 0 Å². The first kappa shape index (κ1) is 25.1. The van der Waals surface area contributed by atoms with Crippen LogP contribution in [0.4, 0.5) is 0 Å². The first-order chi connectivity index (χ1) is 12.9. The fourth-order valence-electron chi connectivity index (χ4n) is 2.21. The van der Waals surface area contributed by atoms with Crippen LogP contribution in [0.3, 0.4) is 0 Å². The summed E-state index contributed by atoms with van der Waals surface area (Å²) in [6.45, 7) is 3.29. The van der Waals surface area contributed by atoms with Gasteiger partial charge in [0.15, 0.2) is 5.96 Å². The summed E-state index contributed by atoms with van der Waals surface area (Å²) in [7, 11) is -2.07. The Morgan fingerprint density at radius 1 is 1.21 bits per heavy atom. The topological polar surface area (TPSA) is 103 Å². The van der Waals surface area contributed by atoms with Crippen molar-refractivity contribution < 1.29 is 13.5 Å². The lowest BCUT2D eigenvalue weighted by Gasteiger charge is -2.14. The van der Waals surface area contributed by atoms with E-state index in [4.69, 9.17) is 11.6 Å². The molecule has 0 amide bonds. The summed E-state index contributed by atoms with van der Waals surface area (Å²) in [4.78, 5) is 5.45. The largest absolute Gasteiger partial charge is 0.386 e. The van der Waals surface area contributed by atoms with Crippen LogP contribution >= 0.6 is 46.9 Å². The van der Waals surface area contributed by atoms with E-state index in [0.717, 1.165) is 10.4 Å². The summed E-state index contributed by atoms with van der Waals surface area (Å²) in [5, 5.41) is 16.4. The van der Waals surface area contributed by atoms with Crippen molar-refractivity contribution in [1.29, 1.82) is 0 Å². The molecule has 0 aliphatic heterocycles. The SMILES string of the molecule is CCNC(=NCc1ccc(S(=O)(=O)NC)cc1)NCC(O)c1ccc(Cl)s1.I. The fraction of sp³-hybridized carbons (Fsp3) is 0.353. The number of benzene rings is 1. The minimum Gasteiger partial charge on any atom is -0.386 e. The molecule has 1 unspecified atom stereocenters. The molecule has 1 atom stereocenters. The number of nitrogens with one attached hydrogen (secondary N) is 3. The van der Waals surface area contributed by atoms with Crippen molar-refractivity contribution in [2.45, 2.75) is 24.5 Å². The second kappa shape index (κ2) is 11.9. The highest BCUT2D eigenvalue weighted by Gasteiger charge is 2.12. The van der Waals surface area contributed by atoms with Gasteiger partial charge in [0.1, 0.15) is 6.10 Å². The molecular weight excluding hydrogens is 535 g/mol. The van der Waals surface area contributed by atoms with Gasteiger partial charge < -0.3 is 15.7 Å². The quantitative estimate of drug-likeness (QED) is 0.227. The molecule has 1 aromatic heterocycles. The monoisotopic (exact) mass is 558 g/mol. The predicted octanol–water partition coefficient (Wildman–Crippen LogP) is 2.72. The summed E-state index contributed by atoms with van der Waals surface area (Å²) in [5.41, 5.74) is 0.868. The second-order valence-electron chi connectivity index (χ2n) is 5.59. The number of hydrogen-bond donors (Lipinski definition) is 4. The van der Waals surface area contributed by atoms with Gasteiger partial charge in [-0.15, -0.1) is 35.3 Å². The number of hydrogen-bond acceptors (Lipinski definition) is 5. The molecule has 2 rings (SSSR count). The standard InChI is InChI=1S/C17H23ClN4O3S2.HI/c1-3-20-17(22-11-14(23)15-8-9-16(18)26-15)21-10-12-4-6-13(7-5-12)27(24,25)19-2;/h4-9,14,19,23H,3,10-11H2,1-2H3,(H2,20,21,22);1H. The molecule has 0 fully saturated rings. The van der Waals surface area contributed by atoms with E-state index in [-0.39, 0.29) is 28.9 Å². The van der Waals surface area contributed by atoms with Crippen LogP contribution in [0, 0.1) is 0 Å². The Morgan fingerprint density at radius 2 is 1.89 bits per heavy atom. The molecule has 11 heteroatoms. The predicted molar refractivity (Wildman–Crippen MR) is 125 cm³/mol. The van der Waals surface area contributed by atoms with E-state index in [2.05, 4.69) is 20.3 Å². The Balaban J connectivity index is 0.00000392. The summed E-state index contributed by atoms with van der Waals surface area (Å²) >= 11 is 7.23. The zero-order valence-electron chi connectivity index (χ0n) is 15.5. The van der Waals surface area contributed by atoms with Crippen molar-refractivity contribution in [3.05, 3.63) is 51.2 Å². The average Bonchev–Trinajstić information content (AvgIpc) is 3.10. The normalized spacial score (nSPS) is 12.9. The number of nitrogens with zero attached hydrogens (tertiary/aromatic N) is 1. The van der Waals surface area contributed by atoms with Crippen LogP contribution in [0.15, 0.2) is 46.3 Å². The Kier molecular flexibility index (Phi) is 10.7. The third-order valence-corrected chi connectivity index (χ3v) is 6.41.